The Labute approximate surface area is 97.5 Å². The first-order valence-corrected chi connectivity index (χ1v) is 5.95. The lowest BCUT2D eigenvalue weighted by Crippen LogP contribution is -2.25. The first-order valence-electron chi connectivity index (χ1n) is 5.07. The fourth-order valence-electron chi connectivity index (χ4n) is 1.23. The number of carboxylic acids is 1. The second-order valence-electron chi connectivity index (χ2n) is 3.23. The van der Waals surface area contributed by atoms with Crippen molar-refractivity contribution in [2.45, 2.75) is 26.2 Å². The molecule has 0 fully saturated rings. The van der Waals surface area contributed by atoms with Crippen LogP contribution in [0, 0.1) is 0 Å². The number of nitrogens with one attached hydrogen (secondary N) is 1. The van der Waals surface area contributed by atoms with Gasteiger partial charge in [0.25, 0.3) is 5.91 Å². The molecule has 0 saturated heterocycles. The summed E-state index contributed by atoms with van der Waals surface area (Å²) in [5.74, 6) is -1.01. The molecule has 88 valence electrons. The molecule has 2 N–H and O–H groups in total. The Morgan fingerprint density at radius 3 is 2.94 bits per heavy atom. The second-order valence-corrected chi connectivity index (χ2v) is 4.09. The highest BCUT2D eigenvalue weighted by Crippen LogP contribution is 2.13. The van der Waals surface area contributed by atoms with Crippen LogP contribution in [0.4, 0.5) is 0 Å². The van der Waals surface area contributed by atoms with Crippen molar-refractivity contribution in [2.75, 3.05) is 6.54 Å². The van der Waals surface area contributed by atoms with Gasteiger partial charge in [-0.2, -0.15) is 0 Å². The molecule has 0 bridgehead atoms. The zero-order valence-corrected chi connectivity index (χ0v) is 9.84. The lowest BCUT2D eigenvalue weighted by Gasteiger charge is -2.03. The summed E-state index contributed by atoms with van der Waals surface area (Å²) in [4.78, 5) is 26.6. The van der Waals surface area contributed by atoms with E-state index < -0.39 is 5.97 Å². The van der Waals surface area contributed by atoms with Gasteiger partial charge in [0.2, 0.25) is 0 Å². The molecule has 1 heterocycles. The van der Waals surface area contributed by atoms with Gasteiger partial charge in [-0.15, -0.1) is 11.3 Å². The van der Waals surface area contributed by atoms with E-state index in [1.165, 1.54) is 11.3 Å². The molecule has 1 aromatic rings. The number of thiazole rings is 1. The van der Waals surface area contributed by atoms with Crippen molar-refractivity contribution < 1.29 is 14.7 Å². The molecule has 16 heavy (non-hydrogen) atoms. The van der Waals surface area contributed by atoms with E-state index in [1.807, 2.05) is 6.92 Å². The van der Waals surface area contributed by atoms with Crippen LogP contribution in [-0.4, -0.2) is 28.5 Å². The van der Waals surface area contributed by atoms with E-state index in [2.05, 4.69) is 10.3 Å². The van der Waals surface area contributed by atoms with Crippen LogP contribution in [-0.2, 0) is 11.2 Å². The number of amides is 1. The van der Waals surface area contributed by atoms with E-state index in [0.717, 1.165) is 12.1 Å². The fourth-order valence-corrected chi connectivity index (χ4v) is 2.03. The van der Waals surface area contributed by atoms with Gasteiger partial charge in [-0.3, -0.25) is 9.59 Å². The van der Waals surface area contributed by atoms with Crippen LogP contribution in [0.2, 0.25) is 0 Å². The maximum Gasteiger partial charge on any atom is 0.303 e. The average molecular weight is 242 g/mol. The highest BCUT2D eigenvalue weighted by atomic mass is 32.1. The molecule has 0 aliphatic rings. The topological polar surface area (TPSA) is 79.3 Å². The van der Waals surface area contributed by atoms with E-state index in [9.17, 15) is 9.59 Å². The van der Waals surface area contributed by atoms with Crippen LogP contribution in [0.3, 0.4) is 0 Å². The first-order chi connectivity index (χ1) is 7.65. The maximum atomic E-state index is 11.6. The standard InChI is InChI=1S/C10H14N2O3S/c1-2-7-9(16-6-12-7)10(15)11-5-3-4-8(13)14/h6H,2-5H2,1H3,(H,11,15)(H,13,14). The van der Waals surface area contributed by atoms with Gasteiger partial charge in [0, 0.05) is 13.0 Å². The summed E-state index contributed by atoms with van der Waals surface area (Å²) in [7, 11) is 0. The molecule has 1 rings (SSSR count). The monoisotopic (exact) mass is 242 g/mol. The van der Waals surface area contributed by atoms with Crippen LogP contribution in [0.25, 0.3) is 0 Å². The Balaban J connectivity index is 2.38. The van der Waals surface area contributed by atoms with Crippen molar-refractivity contribution in [3.05, 3.63) is 16.1 Å². The maximum absolute atomic E-state index is 11.6. The highest BCUT2D eigenvalue weighted by Gasteiger charge is 2.12. The van der Waals surface area contributed by atoms with Crippen molar-refractivity contribution in [3.8, 4) is 0 Å². The van der Waals surface area contributed by atoms with Gasteiger partial charge in [-0.1, -0.05) is 6.92 Å². The Morgan fingerprint density at radius 2 is 2.31 bits per heavy atom. The molecule has 1 aromatic heterocycles. The predicted octanol–water partition coefficient (Wildman–Crippen LogP) is 1.30. The van der Waals surface area contributed by atoms with Gasteiger partial charge in [0.05, 0.1) is 11.2 Å². The molecular weight excluding hydrogens is 228 g/mol. The van der Waals surface area contributed by atoms with Crippen LogP contribution in [0.1, 0.15) is 35.1 Å². The lowest BCUT2D eigenvalue weighted by atomic mass is 10.2. The van der Waals surface area contributed by atoms with Crippen LogP contribution in [0.5, 0.6) is 0 Å². The van der Waals surface area contributed by atoms with Gasteiger partial charge < -0.3 is 10.4 Å². The summed E-state index contributed by atoms with van der Waals surface area (Å²) in [6, 6.07) is 0. The van der Waals surface area contributed by atoms with Crippen LogP contribution in [0.15, 0.2) is 5.51 Å². The fraction of sp³-hybridized carbons (Fsp3) is 0.500. The van der Waals surface area contributed by atoms with Crippen molar-refractivity contribution >= 4 is 23.2 Å². The molecule has 0 aromatic carbocycles. The minimum atomic E-state index is -0.846. The number of aromatic nitrogens is 1. The molecule has 1 amide bonds. The Morgan fingerprint density at radius 1 is 1.56 bits per heavy atom. The van der Waals surface area contributed by atoms with Crippen LogP contribution < -0.4 is 5.32 Å². The average Bonchev–Trinajstić information content (AvgIpc) is 2.71. The third-order valence-electron chi connectivity index (χ3n) is 2.04. The van der Waals surface area contributed by atoms with E-state index >= 15 is 0 Å². The summed E-state index contributed by atoms with van der Waals surface area (Å²) < 4.78 is 0. The highest BCUT2D eigenvalue weighted by molar-refractivity contribution is 7.11. The first kappa shape index (κ1) is 12.6. The van der Waals surface area contributed by atoms with Crippen molar-refractivity contribution in [1.82, 2.24) is 10.3 Å². The Bertz CT molecular complexity index is 376. The SMILES string of the molecule is CCc1ncsc1C(=O)NCCCC(=O)O. The zero-order chi connectivity index (χ0) is 12.0. The number of hydrogen-bond acceptors (Lipinski definition) is 4. The van der Waals surface area contributed by atoms with Crippen molar-refractivity contribution in [3.63, 3.8) is 0 Å². The van der Waals surface area contributed by atoms with E-state index in [4.69, 9.17) is 5.11 Å². The number of aliphatic carboxylic acids is 1. The Hall–Kier alpha value is -1.43. The van der Waals surface area contributed by atoms with Gasteiger partial charge in [-0.05, 0) is 12.8 Å². The minimum absolute atomic E-state index is 0.0730. The summed E-state index contributed by atoms with van der Waals surface area (Å²) in [6.07, 6.45) is 1.24. The predicted molar refractivity (Wildman–Crippen MR) is 60.7 cm³/mol. The summed E-state index contributed by atoms with van der Waals surface area (Å²) >= 11 is 1.31. The Kier molecular flexibility index (Phi) is 4.91. The van der Waals surface area contributed by atoms with Gasteiger partial charge >= 0.3 is 5.97 Å². The molecule has 0 aliphatic carbocycles. The van der Waals surface area contributed by atoms with Crippen LogP contribution >= 0.6 is 11.3 Å². The number of hydrogen-bond donors (Lipinski definition) is 2. The smallest absolute Gasteiger partial charge is 0.303 e. The summed E-state index contributed by atoms with van der Waals surface area (Å²) in [5, 5.41) is 11.1. The van der Waals surface area contributed by atoms with Gasteiger partial charge in [-0.25, -0.2) is 4.98 Å². The number of rotatable bonds is 6. The lowest BCUT2D eigenvalue weighted by molar-refractivity contribution is -0.137. The third kappa shape index (κ3) is 3.62. The molecule has 0 atom stereocenters. The quantitative estimate of drug-likeness (QED) is 0.737. The molecular formula is C10H14N2O3S. The number of carbonyl (C=O) groups is 2. The number of carboxylic acid groups (broad SMARTS) is 1. The third-order valence-corrected chi connectivity index (χ3v) is 2.90. The zero-order valence-electron chi connectivity index (χ0n) is 9.02. The molecule has 0 unspecified atom stereocenters. The summed E-state index contributed by atoms with van der Waals surface area (Å²) in [5.41, 5.74) is 2.44. The van der Waals surface area contributed by atoms with Crippen molar-refractivity contribution in [1.29, 1.82) is 0 Å². The number of carbonyl (C=O) groups excluding carboxylic acids is 1. The molecule has 6 heteroatoms. The molecule has 5 nitrogen and oxygen atoms in total. The minimum Gasteiger partial charge on any atom is -0.481 e. The normalized spacial score (nSPS) is 10.1. The van der Waals surface area contributed by atoms with E-state index in [0.29, 0.717) is 17.8 Å². The summed E-state index contributed by atoms with van der Waals surface area (Å²) in [6.45, 7) is 2.32. The second kappa shape index (κ2) is 6.22. The van der Waals surface area contributed by atoms with Gasteiger partial charge in [0.1, 0.15) is 4.88 Å². The largest absolute Gasteiger partial charge is 0.481 e. The molecule has 0 aliphatic heterocycles. The number of aryl methyl sites for hydroxylation is 1. The van der Waals surface area contributed by atoms with Gasteiger partial charge in [0.15, 0.2) is 0 Å². The van der Waals surface area contributed by atoms with E-state index in [-0.39, 0.29) is 12.3 Å². The van der Waals surface area contributed by atoms with E-state index in [1.54, 1.807) is 5.51 Å². The number of nitrogens with zero attached hydrogens (tertiary/aromatic N) is 1. The molecule has 0 spiro atoms. The van der Waals surface area contributed by atoms with Crippen molar-refractivity contribution in [2.24, 2.45) is 0 Å². The molecule has 0 saturated carbocycles. The molecule has 0 radical (unpaired) electrons.